The van der Waals surface area contributed by atoms with E-state index in [0.717, 1.165) is 19.4 Å². The summed E-state index contributed by atoms with van der Waals surface area (Å²) in [6, 6.07) is 0.459. The number of ether oxygens (including phenoxy) is 1. The van der Waals surface area contributed by atoms with Crippen molar-refractivity contribution in [3.63, 3.8) is 0 Å². The van der Waals surface area contributed by atoms with E-state index in [2.05, 4.69) is 17.3 Å². The summed E-state index contributed by atoms with van der Waals surface area (Å²) in [6.45, 7) is 2.84. The van der Waals surface area contributed by atoms with Gasteiger partial charge in [0.25, 0.3) is 0 Å². The summed E-state index contributed by atoms with van der Waals surface area (Å²) in [6.07, 6.45) is 8.63. The van der Waals surface area contributed by atoms with E-state index in [9.17, 15) is 4.79 Å². The molecule has 0 radical (unpaired) electrons. The van der Waals surface area contributed by atoms with Crippen molar-refractivity contribution in [3.8, 4) is 5.75 Å². The molecule has 21 heavy (non-hydrogen) atoms. The fourth-order valence-electron chi connectivity index (χ4n) is 3.83. The Hall–Kier alpha value is -1.36. The van der Waals surface area contributed by atoms with Crippen molar-refractivity contribution in [2.75, 3.05) is 7.11 Å². The van der Waals surface area contributed by atoms with Crippen LogP contribution in [0, 0.1) is 5.92 Å². The Morgan fingerprint density at radius 1 is 1.48 bits per heavy atom. The maximum Gasteiger partial charge on any atom is 0.201 e. The SMILES string of the molecule is CCCn1ncc(OC)c1C(=O)C1CC2CCCCC2N1. The van der Waals surface area contributed by atoms with Gasteiger partial charge < -0.3 is 10.1 Å². The van der Waals surface area contributed by atoms with E-state index in [-0.39, 0.29) is 11.8 Å². The molecule has 2 aliphatic rings. The average Bonchev–Trinajstić information content (AvgIpc) is 3.10. The van der Waals surface area contributed by atoms with Crippen LogP contribution in [0.15, 0.2) is 6.20 Å². The average molecular weight is 291 g/mol. The molecule has 0 spiro atoms. The largest absolute Gasteiger partial charge is 0.493 e. The molecule has 1 saturated carbocycles. The zero-order valence-corrected chi connectivity index (χ0v) is 13.0. The lowest BCUT2D eigenvalue weighted by molar-refractivity contribution is 0.0935. The van der Waals surface area contributed by atoms with Crippen LogP contribution in [-0.4, -0.2) is 34.8 Å². The number of methoxy groups -OCH3 is 1. The summed E-state index contributed by atoms with van der Waals surface area (Å²) >= 11 is 0. The molecule has 5 heteroatoms. The highest BCUT2D eigenvalue weighted by Crippen LogP contribution is 2.35. The van der Waals surface area contributed by atoms with Crippen molar-refractivity contribution < 1.29 is 9.53 Å². The maximum absolute atomic E-state index is 12.9. The van der Waals surface area contributed by atoms with Crippen LogP contribution < -0.4 is 10.1 Å². The van der Waals surface area contributed by atoms with Crippen LogP contribution in [0.1, 0.15) is 55.9 Å². The van der Waals surface area contributed by atoms with Crippen LogP contribution in [0.5, 0.6) is 5.75 Å². The monoisotopic (exact) mass is 291 g/mol. The second-order valence-corrected chi connectivity index (χ2v) is 6.25. The highest BCUT2D eigenvalue weighted by molar-refractivity contribution is 6.01. The number of nitrogens with zero attached hydrogens (tertiary/aromatic N) is 2. The molecule has 116 valence electrons. The molecule has 0 aromatic carbocycles. The van der Waals surface area contributed by atoms with Crippen LogP contribution in [0.4, 0.5) is 0 Å². The molecule has 2 fully saturated rings. The smallest absolute Gasteiger partial charge is 0.201 e. The number of carbonyl (C=O) groups excluding carboxylic acids is 1. The molecule has 1 aliphatic heterocycles. The van der Waals surface area contributed by atoms with E-state index in [4.69, 9.17) is 4.74 Å². The second-order valence-electron chi connectivity index (χ2n) is 6.25. The third-order valence-corrected chi connectivity index (χ3v) is 4.87. The molecule has 3 atom stereocenters. The number of hydrogen-bond donors (Lipinski definition) is 1. The van der Waals surface area contributed by atoms with E-state index in [1.165, 1.54) is 25.7 Å². The summed E-state index contributed by atoms with van der Waals surface area (Å²) < 4.78 is 7.14. The van der Waals surface area contributed by atoms with Gasteiger partial charge in [-0.2, -0.15) is 5.10 Å². The first-order valence-corrected chi connectivity index (χ1v) is 8.14. The lowest BCUT2D eigenvalue weighted by Gasteiger charge is -2.24. The Morgan fingerprint density at radius 2 is 2.29 bits per heavy atom. The van der Waals surface area contributed by atoms with Crippen molar-refractivity contribution in [3.05, 3.63) is 11.9 Å². The van der Waals surface area contributed by atoms with Gasteiger partial charge in [-0.15, -0.1) is 0 Å². The van der Waals surface area contributed by atoms with Crippen LogP contribution in [-0.2, 0) is 6.54 Å². The predicted octanol–water partition coefficient (Wildman–Crippen LogP) is 2.41. The molecule has 3 unspecified atom stereocenters. The fourth-order valence-corrected chi connectivity index (χ4v) is 3.83. The summed E-state index contributed by atoms with van der Waals surface area (Å²) in [7, 11) is 1.60. The highest BCUT2D eigenvalue weighted by atomic mass is 16.5. The fraction of sp³-hybridized carbons (Fsp3) is 0.750. The predicted molar refractivity (Wildman–Crippen MR) is 80.7 cm³/mol. The Bertz CT molecular complexity index is 498. The molecule has 1 aromatic heterocycles. The van der Waals surface area contributed by atoms with Gasteiger partial charge in [-0.3, -0.25) is 9.48 Å². The van der Waals surface area contributed by atoms with Gasteiger partial charge in [0.15, 0.2) is 5.75 Å². The molecule has 1 aromatic rings. The van der Waals surface area contributed by atoms with Crippen LogP contribution >= 0.6 is 0 Å². The number of fused-ring (bicyclic) bond motifs is 1. The second kappa shape index (κ2) is 6.18. The minimum absolute atomic E-state index is 0.0701. The Balaban J connectivity index is 1.80. The number of hydrogen-bond acceptors (Lipinski definition) is 4. The van der Waals surface area contributed by atoms with Gasteiger partial charge >= 0.3 is 0 Å². The number of carbonyl (C=O) groups is 1. The highest BCUT2D eigenvalue weighted by Gasteiger charge is 2.40. The van der Waals surface area contributed by atoms with E-state index >= 15 is 0 Å². The molecule has 0 amide bonds. The Labute approximate surface area is 126 Å². The molecule has 1 saturated heterocycles. The Kier molecular flexibility index (Phi) is 4.29. The zero-order chi connectivity index (χ0) is 14.8. The number of aryl methyl sites for hydroxylation is 1. The number of aromatic nitrogens is 2. The summed E-state index contributed by atoms with van der Waals surface area (Å²) in [5.41, 5.74) is 0.635. The number of ketones is 1. The minimum Gasteiger partial charge on any atom is -0.493 e. The topological polar surface area (TPSA) is 56.2 Å². The summed E-state index contributed by atoms with van der Waals surface area (Å²) in [4.78, 5) is 12.9. The zero-order valence-electron chi connectivity index (χ0n) is 13.0. The summed E-state index contributed by atoms with van der Waals surface area (Å²) in [5.74, 6) is 1.42. The first-order valence-electron chi connectivity index (χ1n) is 8.14. The molecular formula is C16H25N3O2. The van der Waals surface area contributed by atoms with E-state index in [0.29, 0.717) is 23.4 Å². The number of Topliss-reactive ketones (excluding diaryl/α,β-unsaturated/α-hetero) is 1. The quantitative estimate of drug-likeness (QED) is 0.846. The third kappa shape index (κ3) is 2.71. The third-order valence-electron chi connectivity index (χ3n) is 4.87. The lowest BCUT2D eigenvalue weighted by atomic mass is 9.84. The van der Waals surface area contributed by atoms with Gasteiger partial charge in [0, 0.05) is 12.6 Å². The summed E-state index contributed by atoms with van der Waals surface area (Å²) in [5, 5.41) is 7.86. The van der Waals surface area contributed by atoms with Crippen molar-refractivity contribution in [1.29, 1.82) is 0 Å². The van der Waals surface area contributed by atoms with Gasteiger partial charge in [0.1, 0.15) is 5.69 Å². The normalized spacial score (nSPS) is 28.4. The van der Waals surface area contributed by atoms with Crippen molar-refractivity contribution in [2.45, 2.75) is 64.1 Å². The van der Waals surface area contributed by atoms with Gasteiger partial charge in [-0.1, -0.05) is 19.8 Å². The number of nitrogens with one attached hydrogen (secondary N) is 1. The minimum atomic E-state index is -0.0701. The van der Waals surface area contributed by atoms with Crippen LogP contribution in [0.2, 0.25) is 0 Å². The van der Waals surface area contributed by atoms with E-state index in [1.807, 2.05) is 0 Å². The van der Waals surface area contributed by atoms with E-state index < -0.39 is 0 Å². The molecule has 2 heterocycles. The van der Waals surface area contributed by atoms with Crippen molar-refractivity contribution in [2.24, 2.45) is 5.92 Å². The number of rotatable bonds is 5. The molecule has 3 rings (SSSR count). The molecule has 1 N–H and O–H groups in total. The van der Waals surface area contributed by atoms with E-state index in [1.54, 1.807) is 18.0 Å². The first-order chi connectivity index (χ1) is 10.2. The molecule has 0 bridgehead atoms. The molecule has 1 aliphatic carbocycles. The standard InChI is InChI=1S/C16H25N3O2/c1-3-8-19-15(14(21-2)10-17-19)16(20)13-9-11-6-4-5-7-12(11)18-13/h10-13,18H,3-9H2,1-2H3. The van der Waals surface area contributed by atoms with Crippen molar-refractivity contribution in [1.82, 2.24) is 15.1 Å². The van der Waals surface area contributed by atoms with Crippen molar-refractivity contribution >= 4 is 5.78 Å². The molecule has 5 nitrogen and oxygen atoms in total. The first kappa shape index (κ1) is 14.6. The van der Waals surface area contributed by atoms with Gasteiger partial charge in [-0.25, -0.2) is 0 Å². The molecular weight excluding hydrogens is 266 g/mol. The lowest BCUT2D eigenvalue weighted by Crippen LogP contribution is -2.38. The Morgan fingerprint density at radius 3 is 3.00 bits per heavy atom. The van der Waals surface area contributed by atoms with Crippen LogP contribution in [0.3, 0.4) is 0 Å². The van der Waals surface area contributed by atoms with Gasteiger partial charge in [0.05, 0.1) is 19.3 Å². The maximum atomic E-state index is 12.9. The van der Waals surface area contributed by atoms with Crippen LogP contribution in [0.25, 0.3) is 0 Å². The van der Waals surface area contributed by atoms with Gasteiger partial charge in [0.2, 0.25) is 5.78 Å². The van der Waals surface area contributed by atoms with Gasteiger partial charge in [-0.05, 0) is 31.6 Å².